The highest BCUT2D eigenvalue weighted by Gasteiger charge is 2.56. The molecule has 0 unspecified atom stereocenters. The number of hydrogen-bond donors (Lipinski definition) is 2. The molecule has 0 saturated carbocycles. The van der Waals surface area contributed by atoms with Gasteiger partial charge in [0, 0.05) is 0 Å². The first kappa shape index (κ1) is 20.5. The third kappa shape index (κ3) is 4.99. The van der Waals surface area contributed by atoms with Gasteiger partial charge < -0.3 is 33.9 Å². The molecule has 2 aliphatic rings. The van der Waals surface area contributed by atoms with Crippen LogP contribution in [0.25, 0.3) is 0 Å². The highest BCUT2D eigenvalue weighted by Crippen LogP contribution is 2.39. The fraction of sp³-hybridized carbons (Fsp3) is 0.700. The summed E-state index contributed by atoms with van der Waals surface area (Å²) in [4.78, 5) is 0. The van der Waals surface area contributed by atoms with Crippen molar-refractivity contribution in [1.82, 2.24) is 0 Å². The second-order valence-corrected chi connectivity index (χ2v) is 7.94. The Kier molecular flexibility index (Phi) is 6.40. The van der Waals surface area contributed by atoms with Crippen LogP contribution in [0, 0.1) is 5.92 Å². The van der Waals surface area contributed by atoms with Gasteiger partial charge in [0.1, 0.15) is 30.2 Å². The predicted molar refractivity (Wildman–Crippen MR) is 97.1 cm³/mol. The van der Waals surface area contributed by atoms with Crippen molar-refractivity contribution in [1.29, 1.82) is 0 Å². The number of fused-ring (bicyclic) bond motifs is 1. The molecule has 27 heavy (non-hydrogen) atoms. The van der Waals surface area contributed by atoms with E-state index in [-0.39, 0.29) is 0 Å². The summed E-state index contributed by atoms with van der Waals surface area (Å²) in [5.41, 5.74) is 0.964. The summed E-state index contributed by atoms with van der Waals surface area (Å²) < 4.78 is 29.1. The van der Waals surface area contributed by atoms with Crippen molar-refractivity contribution in [3.05, 3.63) is 29.8 Å². The fourth-order valence-electron chi connectivity index (χ4n) is 3.24. The monoisotopic (exact) mass is 382 g/mol. The van der Waals surface area contributed by atoms with Crippen LogP contribution in [-0.4, -0.2) is 59.9 Å². The second-order valence-electron chi connectivity index (χ2n) is 7.94. The zero-order chi connectivity index (χ0) is 19.6. The molecule has 3 rings (SSSR count). The summed E-state index contributed by atoms with van der Waals surface area (Å²) in [5, 5.41) is 19.4. The first-order chi connectivity index (χ1) is 12.8. The SMILES string of the molecule is CC(C)COc1ccc(CO[C@H]2[C@H]3OC(C)(C)O[C@@H]3O[C@@H]2[C@H](O)CO)cc1. The molecule has 2 fully saturated rings. The number of ether oxygens (including phenoxy) is 5. The van der Waals surface area contributed by atoms with Crippen LogP contribution in [0.3, 0.4) is 0 Å². The zero-order valence-electron chi connectivity index (χ0n) is 16.3. The van der Waals surface area contributed by atoms with E-state index in [4.69, 9.17) is 23.7 Å². The van der Waals surface area contributed by atoms with E-state index in [0.717, 1.165) is 11.3 Å². The van der Waals surface area contributed by atoms with E-state index in [1.807, 2.05) is 24.3 Å². The fourth-order valence-corrected chi connectivity index (χ4v) is 3.24. The van der Waals surface area contributed by atoms with Gasteiger partial charge in [0.05, 0.1) is 19.8 Å². The Morgan fingerprint density at radius 2 is 1.85 bits per heavy atom. The first-order valence-electron chi connectivity index (χ1n) is 9.42. The molecule has 0 bridgehead atoms. The molecule has 1 aromatic carbocycles. The lowest BCUT2D eigenvalue weighted by molar-refractivity contribution is -0.232. The van der Waals surface area contributed by atoms with Crippen LogP contribution in [0.4, 0.5) is 0 Å². The molecule has 0 amide bonds. The molecule has 0 radical (unpaired) electrons. The van der Waals surface area contributed by atoms with E-state index in [1.54, 1.807) is 13.8 Å². The second kappa shape index (κ2) is 8.43. The van der Waals surface area contributed by atoms with Gasteiger partial charge >= 0.3 is 0 Å². The van der Waals surface area contributed by atoms with Crippen molar-refractivity contribution in [2.45, 2.75) is 70.8 Å². The van der Waals surface area contributed by atoms with Crippen molar-refractivity contribution in [3.63, 3.8) is 0 Å². The van der Waals surface area contributed by atoms with Gasteiger partial charge in [0.15, 0.2) is 12.1 Å². The Morgan fingerprint density at radius 3 is 2.48 bits per heavy atom. The lowest BCUT2D eigenvalue weighted by Gasteiger charge is -2.28. The Balaban J connectivity index is 1.61. The standard InChI is InChI=1S/C20H30O7/c1-12(2)10-23-14-7-5-13(6-8-14)11-24-17-16(15(22)9-21)25-19-18(17)26-20(3,4)27-19/h5-8,12,15-19,21-22H,9-11H2,1-4H3/t15-,16-,17-,18-,19+/m1/s1. The van der Waals surface area contributed by atoms with Gasteiger partial charge in [0.2, 0.25) is 0 Å². The molecular weight excluding hydrogens is 352 g/mol. The largest absolute Gasteiger partial charge is 0.493 e. The van der Waals surface area contributed by atoms with E-state index in [1.165, 1.54) is 0 Å². The summed E-state index contributed by atoms with van der Waals surface area (Å²) in [6.45, 7) is 8.39. The Morgan fingerprint density at radius 1 is 1.15 bits per heavy atom. The van der Waals surface area contributed by atoms with Crippen molar-refractivity contribution in [2.75, 3.05) is 13.2 Å². The molecule has 7 nitrogen and oxygen atoms in total. The topological polar surface area (TPSA) is 86.6 Å². The van der Waals surface area contributed by atoms with Gasteiger partial charge in [0.25, 0.3) is 0 Å². The van der Waals surface area contributed by atoms with E-state index in [9.17, 15) is 10.2 Å². The summed E-state index contributed by atoms with van der Waals surface area (Å²) >= 11 is 0. The van der Waals surface area contributed by atoms with E-state index in [2.05, 4.69) is 13.8 Å². The Labute approximate surface area is 160 Å². The molecule has 1 aromatic rings. The molecule has 2 heterocycles. The van der Waals surface area contributed by atoms with Crippen molar-refractivity contribution >= 4 is 0 Å². The summed E-state index contributed by atoms with van der Waals surface area (Å²) in [7, 11) is 0. The zero-order valence-corrected chi connectivity index (χ0v) is 16.3. The maximum absolute atomic E-state index is 10.1. The number of hydrogen-bond acceptors (Lipinski definition) is 7. The molecule has 2 aliphatic heterocycles. The molecular formula is C20H30O7. The molecule has 2 saturated heterocycles. The average molecular weight is 382 g/mol. The number of rotatable bonds is 8. The van der Waals surface area contributed by atoms with Crippen molar-refractivity contribution in [2.24, 2.45) is 5.92 Å². The lowest BCUT2D eigenvalue weighted by Crippen LogP contribution is -2.44. The predicted octanol–water partition coefficient (Wildman–Crippen LogP) is 1.84. The third-order valence-electron chi connectivity index (χ3n) is 4.54. The first-order valence-corrected chi connectivity index (χ1v) is 9.42. The van der Waals surface area contributed by atoms with E-state index >= 15 is 0 Å². The number of aliphatic hydroxyl groups is 2. The molecule has 0 spiro atoms. The van der Waals surface area contributed by atoms with Crippen molar-refractivity contribution < 1.29 is 33.9 Å². The van der Waals surface area contributed by atoms with Crippen LogP contribution in [0.2, 0.25) is 0 Å². The maximum Gasteiger partial charge on any atom is 0.190 e. The molecule has 152 valence electrons. The highest BCUT2D eigenvalue weighted by molar-refractivity contribution is 5.27. The molecule has 7 heteroatoms. The summed E-state index contributed by atoms with van der Waals surface area (Å²) in [6.07, 6.45) is -3.41. The molecule has 2 N–H and O–H groups in total. The van der Waals surface area contributed by atoms with Crippen LogP contribution in [0.1, 0.15) is 33.3 Å². The third-order valence-corrected chi connectivity index (χ3v) is 4.54. The van der Waals surface area contributed by atoms with Gasteiger partial charge in [-0.1, -0.05) is 26.0 Å². The minimum atomic E-state index is -1.07. The van der Waals surface area contributed by atoms with Gasteiger partial charge in [-0.25, -0.2) is 0 Å². The summed E-state index contributed by atoms with van der Waals surface area (Å²) in [5.74, 6) is 0.511. The van der Waals surface area contributed by atoms with Crippen LogP contribution in [-0.2, 0) is 25.6 Å². The van der Waals surface area contributed by atoms with Crippen LogP contribution in [0.15, 0.2) is 24.3 Å². The highest BCUT2D eigenvalue weighted by atomic mass is 16.8. The molecule has 0 aliphatic carbocycles. The minimum absolute atomic E-state index is 0.320. The number of benzene rings is 1. The minimum Gasteiger partial charge on any atom is -0.493 e. The van der Waals surface area contributed by atoms with Gasteiger partial charge in [-0.2, -0.15) is 0 Å². The van der Waals surface area contributed by atoms with E-state index < -0.39 is 43.1 Å². The number of aliphatic hydroxyl groups excluding tert-OH is 2. The van der Waals surface area contributed by atoms with Gasteiger partial charge in [-0.3, -0.25) is 0 Å². The smallest absolute Gasteiger partial charge is 0.190 e. The van der Waals surface area contributed by atoms with Crippen LogP contribution in [0.5, 0.6) is 5.75 Å². The van der Waals surface area contributed by atoms with Gasteiger partial charge in [-0.15, -0.1) is 0 Å². The maximum atomic E-state index is 10.1. The average Bonchev–Trinajstić information content (AvgIpc) is 3.10. The van der Waals surface area contributed by atoms with Gasteiger partial charge in [-0.05, 0) is 37.5 Å². The van der Waals surface area contributed by atoms with Crippen molar-refractivity contribution in [3.8, 4) is 5.75 Å². The Bertz CT molecular complexity index is 601. The normalized spacial score (nSPS) is 30.5. The lowest BCUT2D eigenvalue weighted by atomic mass is 10.1. The molecule has 5 atom stereocenters. The van der Waals surface area contributed by atoms with E-state index in [0.29, 0.717) is 19.1 Å². The summed E-state index contributed by atoms with van der Waals surface area (Å²) in [6, 6.07) is 7.70. The molecule has 0 aromatic heterocycles. The van der Waals surface area contributed by atoms with Crippen LogP contribution >= 0.6 is 0 Å². The van der Waals surface area contributed by atoms with Crippen LogP contribution < -0.4 is 4.74 Å². The Hall–Kier alpha value is -1.22. The quantitative estimate of drug-likeness (QED) is 0.709.